The highest BCUT2D eigenvalue weighted by atomic mass is 35.5. The van der Waals surface area contributed by atoms with Crippen molar-refractivity contribution < 1.29 is 13.2 Å². The second-order valence-corrected chi connectivity index (χ2v) is 9.67. The molecule has 0 radical (unpaired) electrons. The third kappa shape index (κ3) is 5.24. The predicted molar refractivity (Wildman–Crippen MR) is 111 cm³/mol. The summed E-state index contributed by atoms with van der Waals surface area (Å²) < 4.78 is 26.9. The molecule has 2 fully saturated rings. The Kier molecular flexibility index (Phi) is 7.33. The van der Waals surface area contributed by atoms with Crippen LogP contribution in [-0.2, 0) is 14.8 Å². The molecule has 2 saturated heterocycles. The van der Waals surface area contributed by atoms with Crippen LogP contribution in [0.3, 0.4) is 0 Å². The summed E-state index contributed by atoms with van der Waals surface area (Å²) in [6.45, 7) is 8.97. The molecule has 1 aromatic carbocycles. The summed E-state index contributed by atoms with van der Waals surface area (Å²) in [6.07, 6.45) is 2.11. The van der Waals surface area contributed by atoms with E-state index >= 15 is 0 Å². The van der Waals surface area contributed by atoms with E-state index in [1.165, 1.54) is 22.5 Å². The lowest BCUT2D eigenvalue weighted by Crippen LogP contribution is -2.46. The Labute approximate surface area is 172 Å². The van der Waals surface area contributed by atoms with E-state index < -0.39 is 10.0 Å². The largest absolute Gasteiger partial charge is 0.325 e. The number of halogens is 1. The molecule has 0 aliphatic carbocycles. The molecular weight excluding hydrogens is 400 g/mol. The minimum atomic E-state index is -3.54. The molecule has 2 aliphatic rings. The normalized spacial score (nSPS) is 19.8. The van der Waals surface area contributed by atoms with Gasteiger partial charge >= 0.3 is 0 Å². The van der Waals surface area contributed by atoms with E-state index in [1.54, 1.807) is 0 Å². The van der Waals surface area contributed by atoms with Crippen LogP contribution >= 0.6 is 11.6 Å². The average molecular weight is 429 g/mol. The van der Waals surface area contributed by atoms with Gasteiger partial charge in [0.2, 0.25) is 15.9 Å². The van der Waals surface area contributed by atoms with Gasteiger partial charge in [0.15, 0.2) is 0 Å². The lowest BCUT2D eigenvalue weighted by molar-refractivity contribution is -0.116. The smallest absolute Gasteiger partial charge is 0.243 e. The minimum absolute atomic E-state index is 0.157. The van der Waals surface area contributed by atoms with Gasteiger partial charge < -0.3 is 15.1 Å². The number of hydrogen-bond acceptors (Lipinski definition) is 5. The molecule has 1 aromatic rings. The van der Waals surface area contributed by atoms with Crippen LogP contribution in [0.1, 0.15) is 26.2 Å². The van der Waals surface area contributed by atoms with Gasteiger partial charge in [-0.25, -0.2) is 8.42 Å². The minimum Gasteiger partial charge on any atom is -0.325 e. The molecule has 0 aromatic heterocycles. The average Bonchev–Trinajstić information content (AvgIpc) is 3.24. The van der Waals surface area contributed by atoms with E-state index in [-0.39, 0.29) is 10.8 Å². The number of benzene rings is 1. The Morgan fingerprint density at radius 2 is 1.71 bits per heavy atom. The lowest BCUT2D eigenvalue weighted by atomic mass is 10.2. The molecule has 7 nitrogen and oxygen atoms in total. The topological polar surface area (TPSA) is 73.0 Å². The van der Waals surface area contributed by atoms with Crippen molar-refractivity contribution in [3.8, 4) is 0 Å². The van der Waals surface area contributed by atoms with Crippen LogP contribution in [0.25, 0.3) is 0 Å². The molecule has 1 amide bonds. The highest BCUT2D eigenvalue weighted by molar-refractivity contribution is 7.89. The van der Waals surface area contributed by atoms with Crippen molar-refractivity contribution in [2.75, 3.05) is 57.7 Å². The zero-order valence-corrected chi connectivity index (χ0v) is 17.9. The molecule has 9 heteroatoms. The van der Waals surface area contributed by atoms with Crippen molar-refractivity contribution in [1.29, 1.82) is 0 Å². The zero-order chi connectivity index (χ0) is 20.1. The standard InChI is InChI=1S/C19H29ClN4O3S/c1-2-22-11-13-23(14-12-22)10-7-19(25)21-18-15-16(5-6-17(18)20)28(26,27)24-8-3-4-9-24/h5-6,15H,2-4,7-14H2,1H3,(H,21,25). The molecule has 2 aliphatic heterocycles. The van der Waals surface area contributed by atoms with E-state index in [2.05, 4.69) is 22.0 Å². The number of likely N-dealkylation sites (N-methyl/N-ethyl adjacent to an activating group) is 1. The number of carbonyl (C=O) groups excluding carboxylic acids is 1. The number of piperazine rings is 1. The van der Waals surface area contributed by atoms with Crippen LogP contribution in [-0.4, -0.2) is 80.8 Å². The highest BCUT2D eigenvalue weighted by Gasteiger charge is 2.27. The zero-order valence-electron chi connectivity index (χ0n) is 16.4. The van der Waals surface area contributed by atoms with Gasteiger partial charge in [0, 0.05) is 52.2 Å². The molecule has 1 N–H and O–H groups in total. The van der Waals surface area contributed by atoms with Crippen molar-refractivity contribution in [3.05, 3.63) is 23.2 Å². The first-order valence-corrected chi connectivity index (χ1v) is 11.8. The molecule has 0 saturated carbocycles. The first kappa shape index (κ1) is 21.5. The molecule has 0 bridgehead atoms. The number of nitrogens with zero attached hydrogens (tertiary/aromatic N) is 3. The number of amides is 1. The number of sulfonamides is 1. The van der Waals surface area contributed by atoms with Gasteiger partial charge in [-0.15, -0.1) is 0 Å². The number of anilines is 1. The molecule has 156 valence electrons. The fourth-order valence-electron chi connectivity index (χ4n) is 3.64. The van der Waals surface area contributed by atoms with Gasteiger partial charge in [-0.05, 0) is 37.6 Å². The van der Waals surface area contributed by atoms with Crippen LogP contribution < -0.4 is 5.32 Å². The number of hydrogen-bond donors (Lipinski definition) is 1. The monoisotopic (exact) mass is 428 g/mol. The van der Waals surface area contributed by atoms with E-state index in [9.17, 15) is 13.2 Å². The van der Waals surface area contributed by atoms with Gasteiger partial charge in [0.1, 0.15) is 0 Å². The summed E-state index contributed by atoms with van der Waals surface area (Å²) >= 11 is 6.19. The van der Waals surface area contributed by atoms with Crippen LogP contribution in [0.5, 0.6) is 0 Å². The second-order valence-electron chi connectivity index (χ2n) is 7.33. The van der Waals surface area contributed by atoms with Crippen molar-refractivity contribution in [1.82, 2.24) is 14.1 Å². The highest BCUT2D eigenvalue weighted by Crippen LogP contribution is 2.28. The summed E-state index contributed by atoms with van der Waals surface area (Å²) in [5, 5.41) is 3.12. The van der Waals surface area contributed by atoms with Crippen molar-refractivity contribution >= 4 is 33.2 Å². The molecule has 0 unspecified atom stereocenters. The summed E-state index contributed by atoms with van der Waals surface area (Å²) in [7, 11) is -3.54. The molecule has 3 rings (SSSR count). The fraction of sp³-hybridized carbons (Fsp3) is 0.632. The number of rotatable bonds is 7. The Balaban J connectivity index is 1.58. The van der Waals surface area contributed by atoms with Crippen LogP contribution in [0.2, 0.25) is 5.02 Å². The second kappa shape index (κ2) is 9.54. The van der Waals surface area contributed by atoms with E-state index in [0.29, 0.717) is 36.8 Å². The first-order chi connectivity index (χ1) is 13.4. The first-order valence-electron chi connectivity index (χ1n) is 9.94. The van der Waals surface area contributed by atoms with E-state index in [1.807, 2.05) is 0 Å². The Bertz CT molecular complexity index is 788. The van der Waals surface area contributed by atoms with Crippen LogP contribution in [0.4, 0.5) is 5.69 Å². The van der Waals surface area contributed by atoms with Crippen molar-refractivity contribution in [2.45, 2.75) is 31.1 Å². The summed E-state index contributed by atoms with van der Waals surface area (Å²) in [5.74, 6) is -0.157. The van der Waals surface area contributed by atoms with Gasteiger partial charge in [0.05, 0.1) is 15.6 Å². The molecule has 2 heterocycles. The van der Waals surface area contributed by atoms with Gasteiger partial charge in [-0.3, -0.25) is 4.79 Å². The fourth-order valence-corrected chi connectivity index (χ4v) is 5.35. The van der Waals surface area contributed by atoms with Crippen LogP contribution in [0.15, 0.2) is 23.1 Å². The maximum Gasteiger partial charge on any atom is 0.243 e. The van der Waals surface area contributed by atoms with Crippen molar-refractivity contribution in [2.24, 2.45) is 0 Å². The molecule has 0 spiro atoms. The maximum absolute atomic E-state index is 12.7. The molecule has 28 heavy (non-hydrogen) atoms. The quantitative estimate of drug-likeness (QED) is 0.719. The summed E-state index contributed by atoms with van der Waals surface area (Å²) in [5.41, 5.74) is 0.350. The molecule has 0 atom stereocenters. The van der Waals surface area contributed by atoms with Gasteiger partial charge in [-0.2, -0.15) is 4.31 Å². The summed E-state index contributed by atoms with van der Waals surface area (Å²) in [6, 6.07) is 4.50. The Morgan fingerprint density at radius 1 is 1.07 bits per heavy atom. The number of nitrogens with one attached hydrogen (secondary N) is 1. The third-order valence-corrected chi connectivity index (χ3v) is 7.71. The van der Waals surface area contributed by atoms with Crippen molar-refractivity contribution in [3.63, 3.8) is 0 Å². The molecular formula is C19H29ClN4O3S. The SMILES string of the molecule is CCN1CCN(CCC(=O)Nc2cc(S(=O)(=O)N3CCCC3)ccc2Cl)CC1. The van der Waals surface area contributed by atoms with Gasteiger partial charge in [-0.1, -0.05) is 18.5 Å². The predicted octanol–water partition coefficient (Wildman–Crippen LogP) is 2.09. The third-order valence-electron chi connectivity index (χ3n) is 5.48. The van der Waals surface area contributed by atoms with Gasteiger partial charge in [0.25, 0.3) is 0 Å². The van der Waals surface area contributed by atoms with E-state index in [4.69, 9.17) is 11.6 Å². The Morgan fingerprint density at radius 3 is 2.36 bits per heavy atom. The van der Waals surface area contributed by atoms with Crippen LogP contribution in [0, 0.1) is 0 Å². The number of carbonyl (C=O) groups is 1. The van der Waals surface area contributed by atoms with E-state index in [0.717, 1.165) is 45.6 Å². The lowest BCUT2D eigenvalue weighted by Gasteiger charge is -2.33. The maximum atomic E-state index is 12.7. The Hall–Kier alpha value is -1.19. The summed E-state index contributed by atoms with van der Waals surface area (Å²) in [4.78, 5) is 17.2.